The molecule has 0 aromatic heterocycles. The first kappa shape index (κ1) is 18.0. The molecule has 2 amide bonds. The molecule has 0 saturated heterocycles. The number of hydrogen-bond donors (Lipinski definition) is 1. The molecule has 0 aliphatic heterocycles. The highest BCUT2D eigenvalue weighted by atomic mass is 32.2. The second-order valence-corrected chi connectivity index (χ2v) is 7.95. The Morgan fingerprint density at radius 3 is 1.88 bits per heavy atom. The molecule has 1 N–H and O–H groups in total. The molecule has 0 saturated carbocycles. The number of amides is 2. The van der Waals surface area contributed by atoms with Crippen molar-refractivity contribution < 1.29 is 13.2 Å². The van der Waals surface area contributed by atoms with Crippen LogP contribution in [0.1, 0.15) is 13.8 Å². The summed E-state index contributed by atoms with van der Waals surface area (Å²) in [7, 11) is -3.15. The van der Waals surface area contributed by atoms with Crippen molar-refractivity contribution in [3.8, 4) is 0 Å². The molecule has 24 heavy (non-hydrogen) atoms. The molecule has 0 bridgehead atoms. The van der Waals surface area contributed by atoms with Crippen LogP contribution >= 0.6 is 0 Å². The quantitative estimate of drug-likeness (QED) is 0.872. The number of benzene rings is 2. The minimum absolute atomic E-state index is 0.0638. The molecule has 2 rings (SSSR count). The fraction of sp³-hybridized carbons (Fsp3) is 0.278. The summed E-state index contributed by atoms with van der Waals surface area (Å²) >= 11 is 0. The third-order valence-corrected chi connectivity index (χ3v) is 5.43. The van der Waals surface area contributed by atoms with E-state index in [9.17, 15) is 13.2 Å². The van der Waals surface area contributed by atoms with Crippen LogP contribution in [0.25, 0.3) is 0 Å². The monoisotopic (exact) mass is 346 g/mol. The van der Waals surface area contributed by atoms with Crippen LogP contribution in [0.5, 0.6) is 0 Å². The molecule has 5 nitrogen and oxygen atoms in total. The lowest BCUT2D eigenvalue weighted by molar-refractivity contribution is 0.246. The predicted octanol–water partition coefficient (Wildman–Crippen LogP) is 3.36. The zero-order chi connectivity index (χ0) is 17.6. The van der Waals surface area contributed by atoms with Gasteiger partial charge in [-0.1, -0.05) is 43.3 Å². The maximum absolute atomic E-state index is 12.7. The van der Waals surface area contributed by atoms with Gasteiger partial charge in [-0.2, -0.15) is 0 Å². The Hall–Kier alpha value is -2.34. The predicted molar refractivity (Wildman–Crippen MR) is 97.3 cm³/mol. The van der Waals surface area contributed by atoms with Crippen LogP contribution in [0.4, 0.5) is 16.2 Å². The molecule has 0 radical (unpaired) electrons. The summed E-state index contributed by atoms with van der Waals surface area (Å²) in [5, 5.41) is 2.78. The first-order valence-electron chi connectivity index (χ1n) is 7.84. The Labute approximate surface area is 143 Å². The maximum atomic E-state index is 12.7. The van der Waals surface area contributed by atoms with Gasteiger partial charge in [0.2, 0.25) is 0 Å². The second kappa shape index (κ2) is 7.97. The van der Waals surface area contributed by atoms with Gasteiger partial charge in [-0.25, -0.2) is 13.2 Å². The lowest BCUT2D eigenvalue weighted by Gasteiger charge is -2.25. The van der Waals surface area contributed by atoms with Crippen molar-refractivity contribution in [3.05, 3.63) is 60.7 Å². The third kappa shape index (κ3) is 4.83. The third-order valence-electron chi connectivity index (χ3n) is 3.55. The number of carbonyl (C=O) groups is 1. The highest BCUT2D eigenvalue weighted by molar-refractivity contribution is 7.91. The van der Waals surface area contributed by atoms with Crippen molar-refractivity contribution in [3.63, 3.8) is 0 Å². The summed E-state index contributed by atoms with van der Waals surface area (Å²) in [5.74, 6) is -0.0129. The van der Waals surface area contributed by atoms with Crippen molar-refractivity contribution in [1.29, 1.82) is 0 Å². The first-order valence-corrected chi connectivity index (χ1v) is 9.66. The van der Waals surface area contributed by atoms with Gasteiger partial charge >= 0.3 is 6.03 Å². The van der Waals surface area contributed by atoms with Crippen molar-refractivity contribution in [2.45, 2.75) is 19.9 Å². The van der Waals surface area contributed by atoms with Crippen molar-refractivity contribution in [1.82, 2.24) is 5.32 Å². The average Bonchev–Trinajstić information content (AvgIpc) is 2.56. The number of carbonyl (C=O) groups excluding carboxylic acids is 1. The van der Waals surface area contributed by atoms with Gasteiger partial charge in [0.1, 0.15) is 0 Å². The van der Waals surface area contributed by atoms with Crippen LogP contribution in [0.2, 0.25) is 0 Å². The smallest absolute Gasteiger partial charge is 0.326 e. The summed E-state index contributed by atoms with van der Waals surface area (Å²) in [6.07, 6.45) is 0. The van der Waals surface area contributed by atoms with E-state index < -0.39 is 15.9 Å². The molecule has 0 unspecified atom stereocenters. The maximum Gasteiger partial charge on any atom is 0.326 e. The van der Waals surface area contributed by atoms with E-state index >= 15 is 0 Å². The van der Waals surface area contributed by atoms with E-state index in [1.165, 1.54) is 4.90 Å². The number of sulfone groups is 1. The number of nitrogens with one attached hydrogen (secondary N) is 1. The number of nitrogens with zero attached hydrogens (tertiary/aromatic N) is 1. The summed E-state index contributed by atoms with van der Waals surface area (Å²) in [4.78, 5) is 14.3. The Morgan fingerprint density at radius 1 is 1.00 bits per heavy atom. The topological polar surface area (TPSA) is 66.5 Å². The summed E-state index contributed by atoms with van der Waals surface area (Å²) < 4.78 is 23.5. The molecule has 1 atom stereocenters. The summed E-state index contributed by atoms with van der Waals surface area (Å²) in [5.41, 5.74) is 1.43. The van der Waals surface area contributed by atoms with Gasteiger partial charge in [-0.3, -0.25) is 4.90 Å². The van der Waals surface area contributed by atoms with E-state index in [2.05, 4.69) is 5.32 Å². The van der Waals surface area contributed by atoms with E-state index in [-0.39, 0.29) is 17.5 Å². The fourth-order valence-electron chi connectivity index (χ4n) is 2.35. The number of anilines is 2. The van der Waals surface area contributed by atoms with Gasteiger partial charge in [0.05, 0.1) is 17.1 Å². The molecule has 2 aromatic rings. The van der Waals surface area contributed by atoms with E-state index in [1.807, 2.05) is 60.7 Å². The Kier molecular flexibility index (Phi) is 5.98. The van der Waals surface area contributed by atoms with Crippen molar-refractivity contribution in [2.24, 2.45) is 0 Å². The minimum atomic E-state index is -3.15. The molecule has 2 aromatic carbocycles. The minimum Gasteiger partial charge on any atom is -0.334 e. The Bertz CT molecular complexity index is 722. The Morgan fingerprint density at radius 2 is 1.46 bits per heavy atom. The number of hydrogen-bond acceptors (Lipinski definition) is 3. The van der Waals surface area contributed by atoms with Gasteiger partial charge in [-0.15, -0.1) is 0 Å². The molecule has 128 valence electrons. The van der Waals surface area contributed by atoms with Gasteiger partial charge in [0, 0.05) is 11.8 Å². The highest BCUT2D eigenvalue weighted by Gasteiger charge is 2.21. The van der Waals surface area contributed by atoms with Gasteiger partial charge < -0.3 is 5.32 Å². The van der Waals surface area contributed by atoms with Gasteiger partial charge in [0.25, 0.3) is 0 Å². The van der Waals surface area contributed by atoms with Crippen LogP contribution in [-0.2, 0) is 9.84 Å². The van der Waals surface area contributed by atoms with Crippen LogP contribution in [0, 0.1) is 0 Å². The van der Waals surface area contributed by atoms with Crippen LogP contribution in [0.15, 0.2) is 60.7 Å². The fourth-order valence-corrected chi connectivity index (χ4v) is 3.43. The number of urea groups is 1. The highest BCUT2D eigenvalue weighted by Crippen LogP contribution is 2.24. The molecule has 0 heterocycles. The number of para-hydroxylation sites is 2. The molecule has 0 aliphatic rings. The molecule has 0 aliphatic carbocycles. The van der Waals surface area contributed by atoms with Gasteiger partial charge in [-0.05, 0) is 31.2 Å². The summed E-state index contributed by atoms with van der Waals surface area (Å²) in [6, 6.07) is 17.7. The lowest BCUT2D eigenvalue weighted by atomic mass is 10.2. The average molecular weight is 346 g/mol. The normalized spacial score (nSPS) is 12.4. The molecule has 0 fully saturated rings. The zero-order valence-corrected chi connectivity index (χ0v) is 14.7. The standard InChI is InChI=1S/C18H22N2O3S/c1-3-24(22,23)14-15(2)19-18(21)20(16-10-6-4-7-11-16)17-12-8-5-9-13-17/h4-13,15H,3,14H2,1-2H3,(H,19,21)/t15-/m1/s1. The van der Waals surface area contributed by atoms with E-state index in [1.54, 1.807) is 13.8 Å². The van der Waals surface area contributed by atoms with Crippen LogP contribution in [0.3, 0.4) is 0 Å². The van der Waals surface area contributed by atoms with Crippen LogP contribution in [-0.4, -0.2) is 32.0 Å². The largest absolute Gasteiger partial charge is 0.334 e. The lowest BCUT2D eigenvalue weighted by Crippen LogP contribution is -2.44. The van der Waals surface area contributed by atoms with E-state index in [4.69, 9.17) is 0 Å². The molecular weight excluding hydrogens is 324 g/mol. The summed E-state index contributed by atoms with van der Waals surface area (Å²) in [6.45, 7) is 3.30. The Balaban J connectivity index is 2.23. The first-order chi connectivity index (χ1) is 11.4. The van der Waals surface area contributed by atoms with E-state index in [0.717, 1.165) is 0 Å². The van der Waals surface area contributed by atoms with Crippen molar-refractivity contribution >= 4 is 27.2 Å². The number of rotatable bonds is 6. The van der Waals surface area contributed by atoms with Crippen LogP contribution < -0.4 is 10.2 Å². The SMILES string of the molecule is CCS(=O)(=O)C[C@@H](C)NC(=O)N(c1ccccc1)c1ccccc1. The second-order valence-electron chi connectivity index (χ2n) is 5.56. The van der Waals surface area contributed by atoms with Gasteiger partial charge in [0.15, 0.2) is 9.84 Å². The van der Waals surface area contributed by atoms with Crippen molar-refractivity contribution in [2.75, 3.05) is 16.4 Å². The molecular formula is C18H22N2O3S. The molecule has 0 spiro atoms. The zero-order valence-electron chi connectivity index (χ0n) is 13.8. The molecule has 6 heteroatoms. The van der Waals surface area contributed by atoms with E-state index in [0.29, 0.717) is 11.4 Å².